The topological polar surface area (TPSA) is 177 Å². The van der Waals surface area contributed by atoms with E-state index in [9.17, 15) is 28.8 Å². The number of carbonyl (C=O) groups excluding carboxylic acids is 6. The number of esters is 4. The maximum atomic E-state index is 13.4. The highest BCUT2D eigenvalue weighted by Gasteiger charge is 2.52. The third kappa shape index (κ3) is 4.92. The van der Waals surface area contributed by atoms with Crippen molar-refractivity contribution in [2.24, 2.45) is 0 Å². The summed E-state index contributed by atoms with van der Waals surface area (Å²) in [6, 6.07) is 0.693. The highest BCUT2D eigenvalue weighted by atomic mass is 16.5. The number of carbonyl (C=O) groups is 6. The van der Waals surface area contributed by atoms with Crippen molar-refractivity contribution in [3.05, 3.63) is 40.9 Å². The van der Waals surface area contributed by atoms with Gasteiger partial charge in [0.1, 0.15) is 22.8 Å². The number of hydrogen-bond acceptors (Lipinski definition) is 13. The van der Waals surface area contributed by atoms with Gasteiger partial charge in [-0.05, 0) is 26.0 Å². The van der Waals surface area contributed by atoms with E-state index in [1.165, 1.54) is 18.2 Å². The lowest BCUT2D eigenvalue weighted by molar-refractivity contribution is -0.144. The first-order valence-electron chi connectivity index (χ1n) is 11.8. The summed E-state index contributed by atoms with van der Waals surface area (Å²) >= 11 is 0. The first kappa shape index (κ1) is 29.6. The van der Waals surface area contributed by atoms with Crippen molar-refractivity contribution in [1.29, 1.82) is 0 Å². The molecule has 2 unspecified atom stereocenters. The minimum Gasteiger partial charge on any atom is -0.488 e. The number of amides is 2. The van der Waals surface area contributed by atoms with Gasteiger partial charge in [-0.2, -0.15) is 0 Å². The summed E-state index contributed by atoms with van der Waals surface area (Å²) in [7, 11) is 4.24. The molecule has 2 atom stereocenters. The van der Waals surface area contributed by atoms with Crippen LogP contribution in [-0.4, -0.2) is 94.4 Å². The number of ether oxygens (including phenoxy) is 6. The summed E-state index contributed by atoms with van der Waals surface area (Å²) in [6.45, 7) is 3.08. The second-order valence-corrected chi connectivity index (χ2v) is 7.89. The molecule has 1 aromatic rings. The van der Waals surface area contributed by atoms with E-state index in [1.807, 2.05) is 0 Å². The van der Waals surface area contributed by atoms with Gasteiger partial charge in [-0.1, -0.05) is 6.07 Å². The summed E-state index contributed by atoms with van der Waals surface area (Å²) in [6.07, 6.45) is 0. The molecule has 0 aromatic carbocycles. The molecule has 0 radical (unpaired) electrons. The van der Waals surface area contributed by atoms with Crippen molar-refractivity contribution >= 4 is 47.3 Å². The molecule has 0 aliphatic carbocycles. The van der Waals surface area contributed by atoms with Gasteiger partial charge in [0.05, 0.1) is 41.7 Å². The number of aromatic nitrogens is 1. The lowest BCUT2D eigenvalue weighted by Crippen LogP contribution is -2.45. The molecule has 3 rings (SSSR count). The smallest absolute Gasteiger partial charge is 0.340 e. The molecule has 0 spiro atoms. The van der Waals surface area contributed by atoms with E-state index in [1.54, 1.807) is 13.8 Å². The maximum Gasteiger partial charge on any atom is 0.340 e. The molecule has 0 fully saturated rings. The zero-order chi connectivity index (χ0) is 29.7. The standard InChI is InChI=1S/C25H27N3O12/c1-7-39-18-14(22(31)35-3)16(24(33)37-5)27(20(18)29)12-10-9-11-13(26-12)28-17(25(34)38-6)15(23(32)36-4)19(21(28)30)40-8-2/h9-11,16-17H,7-8H2,1-6H3. The fourth-order valence-electron chi connectivity index (χ4n) is 4.21. The van der Waals surface area contributed by atoms with Crippen LogP contribution >= 0.6 is 0 Å². The monoisotopic (exact) mass is 561 g/mol. The van der Waals surface area contributed by atoms with Crippen molar-refractivity contribution in [2.45, 2.75) is 25.9 Å². The zero-order valence-corrected chi connectivity index (χ0v) is 22.5. The van der Waals surface area contributed by atoms with Gasteiger partial charge >= 0.3 is 23.9 Å². The maximum absolute atomic E-state index is 13.4. The summed E-state index contributed by atoms with van der Waals surface area (Å²) in [5.41, 5.74) is -0.822. The Kier molecular flexibility index (Phi) is 9.08. The van der Waals surface area contributed by atoms with Crippen LogP contribution in [0.4, 0.5) is 11.6 Å². The third-order valence-electron chi connectivity index (χ3n) is 5.83. The van der Waals surface area contributed by atoms with Crippen molar-refractivity contribution in [3.63, 3.8) is 0 Å². The zero-order valence-electron chi connectivity index (χ0n) is 22.5. The molecule has 15 nitrogen and oxygen atoms in total. The summed E-state index contributed by atoms with van der Waals surface area (Å²) < 4.78 is 30.0. The Morgan fingerprint density at radius 2 is 1.07 bits per heavy atom. The van der Waals surface area contributed by atoms with Crippen LogP contribution in [0.2, 0.25) is 0 Å². The van der Waals surface area contributed by atoms with Crippen LogP contribution in [0.5, 0.6) is 0 Å². The van der Waals surface area contributed by atoms with Crippen molar-refractivity contribution < 1.29 is 57.2 Å². The summed E-state index contributed by atoms with van der Waals surface area (Å²) in [5.74, 6) is -7.22. The predicted octanol–water partition coefficient (Wildman–Crippen LogP) is -0.215. The van der Waals surface area contributed by atoms with Crippen LogP contribution in [0.3, 0.4) is 0 Å². The highest BCUT2D eigenvalue weighted by molar-refractivity contribution is 6.21. The average molecular weight is 562 g/mol. The van der Waals surface area contributed by atoms with Crippen molar-refractivity contribution in [3.8, 4) is 0 Å². The normalized spacial score (nSPS) is 18.6. The Labute approximate surface area is 228 Å². The lowest BCUT2D eigenvalue weighted by atomic mass is 10.1. The van der Waals surface area contributed by atoms with Gasteiger partial charge in [0.15, 0.2) is 23.6 Å². The molecule has 1 aromatic heterocycles. The van der Waals surface area contributed by atoms with E-state index >= 15 is 0 Å². The van der Waals surface area contributed by atoms with Gasteiger partial charge < -0.3 is 28.4 Å². The highest BCUT2D eigenvalue weighted by Crippen LogP contribution is 2.36. The SMILES string of the molecule is CCOC1=C(C(=O)OC)C(C(=O)OC)N(c2cccc(N3C(=O)C(OCC)=C(C(=O)OC)C3C(=O)OC)n2)C1=O. The van der Waals surface area contributed by atoms with Crippen molar-refractivity contribution in [1.82, 2.24) is 4.98 Å². The van der Waals surface area contributed by atoms with E-state index in [0.29, 0.717) is 0 Å². The minimum atomic E-state index is -1.65. The van der Waals surface area contributed by atoms with Gasteiger partial charge in [-0.25, -0.2) is 24.2 Å². The first-order chi connectivity index (χ1) is 19.1. The molecule has 2 amide bonds. The van der Waals surface area contributed by atoms with Crippen LogP contribution in [0.25, 0.3) is 0 Å². The van der Waals surface area contributed by atoms with E-state index in [-0.39, 0.29) is 24.8 Å². The molecular formula is C25H27N3O12. The number of anilines is 2. The van der Waals surface area contributed by atoms with Crippen molar-refractivity contribution in [2.75, 3.05) is 51.5 Å². The Morgan fingerprint density at radius 3 is 1.38 bits per heavy atom. The molecule has 0 N–H and O–H groups in total. The quantitative estimate of drug-likeness (QED) is 0.271. The average Bonchev–Trinajstić information content (AvgIpc) is 3.42. The number of hydrogen-bond donors (Lipinski definition) is 0. The van der Waals surface area contributed by atoms with Crippen LogP contribution < -0.4 is 9.80 Å². The van der Waals surface area contributed by atoms with Gasteiger partial charge in [0.25, 0.3) is 11.8 Å². The van der Waals surface area contributed by atoms with E-state index in [2.05, 4.69) is 4.98 Å². The summed E-state index contributed by atoms with van der Waals surface area (Å²) in [4.78, 5) is 83.7. The number of nitrogens with zero attached hydrogens (tertiary/aromatic N) is 3. The largest absolute Gasteiger partial charge is 0.488 e. The van der Waals surface area contributed by atoms with Crippen LogP contribution in [0.1, 0.15) is 13.8 Å². The molecule has 40 heavy (non-hydrogen) atoms. The minimum absolute atomic E-state index is 0.0258. The number of pyridine rings is 1. The summed E-state index contributed by atoms with van der Waals surface area (Å²) in [5, 5.41) is 0. The Bertz CT molecular complexity index is 1220. The predicted molar refractivity (Wildman–Crippen MR) is 132 cm³/mol. The molecular weight excluding hydrogens is 534 g/mol. The molecule has 2 aliphatic rings. The third-order valence-corrected chi connectivity index (χ3v) is 5.83. The molecule has 214 valence electrons. The van der Waals surface area contributed by atoms with Crippen LogP contribution in [0, 0.1) is 0 Å². The molecule has 0 saturated heterocycles. The van der Waals surface area contributed by atoms with Gasteiger partial charge in [-0.3, -0.25) is 19.4 Å². The van der Waals surface area contributed by atoms with Gasteiger partial charge in [0.2, 0.25) is 0 Å². The Hall–Kier alpha value is -4.95. The second-order valence-electron chi connectivity index (χ2n) is 7.89. The van der Waals surface area contributed by atoms with Crippen LogP contribution in [0.15, 0.2) is 40.9 Å². The van der Waals surface area contributed by atoms with Gasteiger partial charge in [0, 0.05) is 0 Å². The fourth-order valence-corrected chi connectivity index (χ4v) is 4.21. The molecule has 2 aliphatic heterocycles. The van der Waals surface area contributed by atoms with E-state index in [0.717, 1.165) is 38.2 Å². The number of rotatable bonds is 10. The van der Waals surface area contributed by atoms with Gasteiger partial charge in [-0.15, -0.1) is 0 Å². The molecule has 15 heteroatoms. The molecule has 3 heterocycles. The molecule has 0 saturated carbocycles. The number of methoxy groups -OCH3 is 4. The fraction of sp³-hybridized carbons (Fsp3) is 0.400. The second kappa shape index (κ2) is 12.3. The Morgan fingerprint density at radius 1 is 0.700 bits per heavy atom. The van der Waals surface area contributed by atoms with E-state index < -0.39 is 70.4 Å². The van der Waals surface area contributed by atoms with Crippen LogP contribution in [-0.2, 0) is 57.2 Å². The molecule has 0 bridgehead atoms. The Balaban J connectivity index is 2.19. The van der Waals surface area contributed by atoms with E-state index in [4.69, 9.17) is 28.4 Å². The first-order valence-corrected chi connectivity index (χ1v) is 11.8. The lowest BCUT2D eigenvalue weighted by Gasteiger charge is -2.26.